The maximum atomic E-state index is 13.4. The summed E-state index contributed by atoms with van der Waals surface area (Å²) < 4.78 is 26.9. The highest BCUT2D eigenvalue weighted by Crippen LogP contribution is 2.18. The summed E-state index contributed by atoms with van der Waals surface area (Å²) in [6, 6.07) is 3.50. The number of nitrogens with zero attached hydrogens (tertiary/aromatic N) is 2. The van der Waals surface area contributed by atoms with Crippen LogP contribution in [0.5, 0.6) is 0 Å². The number of carbonyl (C=O) groups is 1. The minimum absolute atomic E-state index is 0.0352. The molecule has 1 amide bonds. The lowest BCUT2D eigenvalue weighted by atomic mass is 10.2. The zero-order valence-corrected chi connectivity index (χ0v) is 11.5. The Morgan fingerprint density at radius 1 is 1.14 bits per heavy atom. The minimum Gasteiger partial charge on any atom is -0.367 e. The van der Waals surface area contributed by atoms with Gasteiger partial charge in [-0.1, -0.05) is 6.07 Å². The van der Waals surface area contributed by atoms with Crippen molar-refractivity contribution in [1.29, 1.82) is 0 Å². The zero-order chi connectivity index (χ0) is 15.4. The second-order valence-electron chi connectivity index (χ2n) is 4.64. The van der Waals surface area contributed by atoms with Gasteiger partial charge >= 0.3 is 0 Å². The molecule has 1 aromatic heterocycles. The highest BCUT2D eigenvalue weighted by atomic mass is 19.1. The number of carbonyl (C=O) groups excluding carboxylic acids is 1. The fourth-order valence-electron chi connectivity index (χ4n) is 1.61. The van der Waals surface area contributed by atoms with Crippen molar-refractivity contribution in [2.24, 2.45) is 0 Å². The van der Waals surface area contributed by atoms with Gasteiger partial charge in [-0.3, -0.25) is 4.79 Å². The number of rotatable bonds is 4. The number of anilines is 2. The van der Waals surface area contributed by atoms with Crippen LogP contribution in [0, 0.1) is 11.6 Å². The van der Waals surface area contributed by atoms with Crippen LogP contribution < -0.4 is 10.6 Å². The average molecular weight is 292 g/mol. The molecule has 2 rings (SSSR count). The normalized spacial score (nSPS) is 10.5. The third-order valence-corrected chi connectivity index (χ3v) is 2.52. The van der Waals surface area contributed by atoms with Crippen molar-refractivity contribution >= 4 is 17.4 Å². The van der Waals surface area contributed by atoms with E-state index in [-0.39, 0.29) is 11.7 Å². The van der Waals surface area contributed by atoms with Crippen LogP contribution in [0.2, 0.25) is 0 Å². The Balaban J connectivity index is 2.13. The van der Waals surface area contributed by atoms with Crippen molar-refractivity contribution in [1.82, 2.24) is 9.97 Å². The minimum atomic E-state index is -0.852. The monoisotopic (exact) mass is 292 g/mol. The molecule has 7 heteroatoms. The quantitative estimate of drug-likeness (QED) is 0.909. The van der Waals surface area contributed by atoms with Crippen LogP contribution in [0.15, 0.2) is 30.6 Å². The van der Waals surface area contributed by atoms with Crippen molar-refractivity contribution in [3.8, 4) is 0 Å². The number of para-hydroxylation sites is 1. The van der Waals surface area contributed by atoms with Crippen molar-refractivity contribution in [3.63, 3.8) is 0 Å². The summed E-state index contributed by atoms with van der Waals surface area (Å²) in [6.07, 6.45) is 2.62. The summed E-state index contributed by atoms with van der Waals surface area (Å²) in [5, 5.41) is 5.16. The van der Waals surface area contributed by atoms with Gasteiger partial charge in [0.2, 0.25) is 0 Å². The number of nitrogens with one attached hydrogen (secondary N) is 2. The maximum absolute atomic E-state index is 13.4. The van der Waals surface area contributed by atoms with E-state index < -0.39 is 23.2 Å². The lowest BCUT2D eigenvalue weighted by molar-refractivity contribution is 0.102. The van der Waals surface area contributed by atoms with Crippen LogP contribution in [0.25, 0.3) is 0 Å². The first kappa shape index (κ1) is 14.8. The lowest BCUT2D eigenvalue weighted by Gasteiger charge is -2.09. The van der Waals surface area contributed by atoms with Gasteiger partial charge in [0.1, 0.15) is 28.8 Å². The first-order chi connectivity index (χ1) is 9.97. The lowest BCUT2D eigenvalue weighted by Crippen LogP contribution is -2.17. The molecular formula is C14H14F2N4O. The Bertz CT molecular complexity index is 624. The molecule has 0 aliphatic heterocycles. The number of aromatic nitrogens is 2. The molecule has 1 aromatic carbocycles. The highest BCUT2D eigenvalue weighted by molar-refractivity contribution is 6.02. The largest absolute Gasteiger partial charge is 0.367 e. The van der Waals surface area contributed by atoms with Gasteiger partial charge in [-0.15, -0.1) is 0 Å². The predicted octanol–water partition coefficient (Wildman–Crippen LogP) is 2.83. The van der Waals surface area contributed by atoms with E-state index in [1.807, 2.05) is 13.8 Å². The second kappa shape index (κ2) is 6.25. The molecule has 0 radical (unpaired) electrons. The van der Waals surface area contributed by atoms with Crippen LogP contribution in [0.3, 0.4) is 0 Å². The Morgan fingerprint density at radius 2 is 1.81 bits per heavy atom. The van der Waals surface area contributed by atoms with Crippen molar-refractivity contribution in [2.45, 2.75) is 19.9 Å². The predicted molar refractivity (Wildman–Crippen MR) is 75.1 cm³/mol. The molecule has 2 N–H and O–H groups in total. The molecule has 0 aliphatic rings. The zero-order valence-electron chi connectivity index (χ0n) is 11.5. The highest BCUT2D eigenvalue weighted by Gasteiger charge is 2.14. The first-order valence-electron chi connectivity index (χ1n) is 6.31. The SMILES string of the molecule is CC(C)Nc1cnc(C(=O)Nc2c(F)cccc2F)cn1. The summed E-state index contributed by atoms with van der Waals surface area (Å²) in [7, 11) is 0. The van der Waals surface area contributed by atoms with Gasteiger partial charge < -0.3 is 10.6 Å². The van der Waals surface area contributed by atoms with Gasteiger partial charge in [0.05, 0.1) is 12.4 Å². The summed E-state index contributed by atoms with van der Waals surface area (Å²) >= 11 is 0. The van der Waals surface area contributed by atoms with Crippen molar-refractivity contribution in [3.05, 3.63) is 47.9 Å². The molecule has 0 unspecified atom stereocenters. The van der Waals surface area contributed by atoms with Crippen LogP contribution >= 0.6 is 0 Å². The maximum Gasteiger partial charge on any atom is 0.276 e. The molecule has 0 fully saturated rings. The molecule has 0 aliphatic carbocycles. The molecule has 0 bridgehead atoms. The molecule has 21 heavy (non-hydrogen) atoms. The van der Waals surface area contributed by atoms with E-state index in [2.05, 4.69) is 20.6 Å². The molecule has 2 aromatic rings. The molecule has 110 valence electrons. The van der Waals surface area contributed by atoms with Crippen molar-refractivity contribution < 1.29 is 13.6 Å². The van der Waals surface area contributed by atoms with Crippen LogP contribution in [-0.4, -0.2) is 21.9 Å². The first-order valence-corrected chi connectivity index (χ1v) is 6.31. The van der Waals surface area contributed by atoms with Crippen LogP contribution in [-0.2, 0) is 0 Å². The van der Waals surface area contributed by atoms with E-state index in [1.165, 1.54) is 18.5 Å². The third kappa shape index (κ3) is 3.71. The van der Waals surface area contributed by atoms with Crippen LogP contribution in [0.1, 0.15) is 24.3 Å². The van der Waals surface area contributed by atoms with Gasteiger partial charge in [-0.05, 0) is 26.0 Å². The topological polar surface area (TPSA) is 66.9 Å². The molecular weight excluding hydrogens is 278 g/mol. The Kier molecular flexibility index (Phi) is 4.42. The number of amides is 1. The summed E-state index contributed by atoms with van der Waals surface area (Å²) in [5.41, 5.74) is -0.541. The van der Waals surface area contributed by atoms with Gasteiger partial charge in [-0.2, -0.15) is 0 Å². The smallest absolute Gasteiger partial charge is 0.276 e. The van der Waals surface area contributed by atoms with E-state index in [1.54, 1.807) is 0 Å². The van der Waals surface area contributed by atoms with Crippen LogP contribution in [0.4, 0.5) is 20.3 Å². The number of hydrogen-bond acceptors (Lipinski definition) is 4. The summed E-state index contributed by atoms with van der Waals surface area (Å²) in [5.74, 6) is -1.93. The molecule has 5 nitrogen and oxygen atoms in total. The second-order valence-corrected chi connectivity index (χ2v) is 4.64. The summed E-state index contributed by atoms with van der Waals surface area (Å²) in [6.45, 7) is 3.87. The third-order valence-electron chi connectivity index (χ3n) is 2.52. The number of halogens is 2. The van der Waals surface area contributed by atoms with E-state index in [4.69, 9.17) is 0 Å². The number of hydrogen-bond donors (Lipinski definition) is 2. The Morgan fingerprint density at radius 3 is 2.33 bits per heavy atom. The molecule has 0 atom stereocenters. The van der Waals surface area contributed by atoms with Gasteiger partial charge in [0.25, 0.3) is 5.91 Å². The molecule has 0 saturated carbocycles. The van der Waals surface area contributed by atoms with E-state index in [0.717, 1.165) is 12.1 Å². The summed E-state index contributed by atoms with van der Waals surface area (Å²) in [4.78, 5) is 19.8. The van der Waals surface area contributed by atoms with E-state index in [9.17, 15) is 13.6 Å². The standard InChI is InChI=1S/C14H14F2N4O/c1-8(2)19-12-7-17-11(6-18-12)14(21)20-13-9(15)4-3-5-10(13)16/h3-8H,1-2H3,(H,18,19)(H,20,21). The average Bonchev–Trinajstić information content (AvgIpc) is 2.43. The Hall–Kier alpha value is -2.57. The van der Waals surface area contributed by atoms with Gasteiger partial charge in [0, 0.05) is 6.04 Å². The van der Waals surface area contributed by atoms with Gasteiger partial charge in [0.15, 0.2) is 0 Å². The van der Waals surface area contributed by atoms with E-state index >= 15 is 0 Å². The van der Waals surface area contributed by atoms with E-state index in [0.29, 0.717) is 5.82 Å². The molecule has 0 spiro atoms. The number of benzene rings is 1. The Labute approximate surface area is 120 Å². The molecule has 0 saturated heterocycles. The fraction of sp³-hybridized carbons (Fsp3) is 0.214. The van der Waals surface area contributed by atoms with Gasteiger partial charge in [-0.25, -0.2) is 18.7 Å². The van der Waals surface area contributed by atoms with Crippen molar-refractivity contribution in [2.75, 3.05) is 10.6 Å². The fourth-order valence-corrected chi connectivity index (χ4v) is 1.61. The molecule has 1 heterocycles.